The van der Waals surface area contributed by atoms with Crippen molar-refractivity contribution < 1.29 is 14.3 Å². The molecule has 3 nitrogen and oxygen atoms in total. The van der Waals surface area contributed by atoms with Crippen LogP contribution in [0.15, 0.2) is 0 Å². The summed E-state index contributed by atoms with van der Waals surface area (Å²) in [5.41, 5.74) is 0.589. The van der Waals surface area contributed by atoms with Crippen molar-refractivity contribution in [3.63, 3.8) is 0 Å². The van der Waals surface area contributed by atoms with Crippen LogP contribution in [0.4, 0.5) is 0 Å². The van der Waals surface area contributed by atoms with Gasteiger partial charge in [0.05, 0.1) is 0 Å². The van der Waals surface area contributed by atoms with Crippen molar-refractivity contribution in [3.05, 3.63) is 0 Å². The Morgan fingerprint density at radius 3 is 2.41 bits per heavy atom. The van der Waals surface area contributed by atoms with Crippen molar-refractivity contribution in [3.8, 4) is 0 Å². The van der Waals surface area contributed by atoms with Gasteiger partial charge >= 0.3 is 5.97 Å². The molecule has 4 saturated carbocycles. The number of ketones is 1. The largest absolute Gasteiger partial charge is 0.462 e. The molecule has 4 aliphatic rings. The van der Waals surface area contributed by atoms with E-state index in [-0.39, 0.29) is 23.4 Å². The van der Waals surface area contributed by atoms with Crippen molar-refractivity contribution in [2.45, 2.75) is 118 Å². The summed E-state index contributed by atoms with van der Waals surface area (Å²) in [6.07, 6.45) is 12.7. The number of Topliss-reactive ketones (excluding diaryl/α,β-unsaturated/α-hetero) is 1. The summed E-state index contributed by atoms with van der Waals surface area (Å²) in [4.78, 5) is 24.4. The van der Waals surface area contributed by atoms with Crippen LogP contribution in [0, 0.1) is 52.3 Å². The molecule has 3 heteroatoms. The first-order valence-corrected chi connectivity index (χ1v) is 13.7. The predicted molar refractivity (Wildman–Crippen MR) is 129 cm³/mol. The minimum Gasteiger partial charge on any atom is -0.462 e. The molecule has 1 unspecified atom stereocenters. The van der Waals surface area contributed by atoms with E-state index in [4.69, 9.17) is 4.74 Å². The van der Waals surface area contributed by atoms with Crippen molar-refractivity contribution in [2.24, 2.45) is 52.3 Å². The Bertz CT molecular complexity index is 713. The van der Waals surface area contributed by atoms with Gasteiger partial charge in [-0.05, 0) is 84.9 Å². The lowest BCUT2D eigenvalue weighted by Crippen LogP contribution is -2.58. The van der Waals surface area contributed by atoms with Crippen LogP contribution >= 0.6 is 0 Å². The first-order chi connectivity index (χ1) is 15.1. The minimum absolute atomic E-state index is 0.0622. The Labute approximate surface area is 196 Å². The SMILES string of the molecule is CC(=O)O[C@@H]1C[C@H]2[C@@H]3CC[C@H]([C@H](C)CCCC(C)C)[C@@]3(C)CC[C@@H]2[C@@]2(C)CCC(=O)CC12. The molecule has 4 aliphatic carbocycles. The van der Waals surface area contributed by atoms with E-state index in [1.807, 2.05) is 0 Å². The molecule has 0 bridgehead atoms. The van der Waals surface area contributed by atoms with Gasteiger partial charge in [0.15, 0.2) is 0 Å². The van der Waals surface area contributed by atoms with Gasteiger partial charge in [0, 0.05) is 25.7 Å². The Kier molecular flexibility index (Phi) is 6.87. The molecule has 4 fully saturated rings. The van der Waals surface area contributed by atoms with Gasteiger partial charge in [-0.1, -0.05) is 53.9 Å². The number of carbonyl (C=O) groups excluding carboxylic acids is 2. The van der Waals surface area contributed by atoms with Gasteiger partial charge in [0.2, 0.25) is 0 Å². The molecule has 0 heterocycles. The zero-order valence-corrected chi connectivity index (χ0v) is 21.6. The fourth-order valence-corrected chi connectivity index (χ4v) is 9.43. The van der Waals surface area contributed by atoms with Gasteiger partial charge < -0.3 is 4.74 Å². The van der Waals surface area contributed by atoms with Crippen LogP contribution in [0.25, 0.3) is 0 Å². The smallest absolute Gasteiger partial charge is 0.302 e. The van der Waals surface area contributed by atoms with E-state index >= 15 is 0 Å². The van der Waals surface area contributed by atoms with Crippen LogP contribution in [0.3, 0.4) is 0 Å². The third-order valence-corrected chi connectivity index (χ3v) is 11.0. The molecular formula is C29H48O3. The molecule has 0 spiro atoms. The maximum absolute atomic E-state index is 12.4. The fourth-order valence-electron chi connectivity index (χ4n) is 9.43. The normalized spacial score (nSPS) is 44.5. The van der Waals surface area contributed by atoms with E-state index in [2.05, 4.69) is 34.6 Å². The first kappa shape index (κ1) is 24.3. The van der Waals surface area contributed by atoms with Gasteiger partial charge in [0.1, 0.15) is 11.9 Å². The first-order valence-electron chi connectivity index (χ1n) is 13.7. The molecule has 0 saturated heterocycles. The summed E-state index contributed by atoms with van der Waals surface area (Å²) in [6, 6.07) is 0. The molecular weight excluding hydrogens is 396 g/mol. The van der Waals surface area contributed by atoms with Crippen LogP contribution in [0.1, 0.15) is 112 Å². The summed E-state index contributed by atoms with van der Waals surface area (Å²) < 4.78 is 5.96. The standard InChI is InChI=1S/C29H48O3/c1-18(2)8-7-9-19(3)23-10-11-24-22-17-27(32-20(4)30)26-16-21(31)12-14-29(26,6)25(22)13-15-28(23,24)5/h18-19,22-27H,7-17H2,1-6H3/t19-,22+,23-,24+,25+,26?,27-,28-,29-/m1/s1. The monoisotopic (exact) mass is 444 g/mol. The number of fused-ring (bicyclic) bond motifs is 5. The molecule has 0 radical (unpaired) electrons. The van der Waals surface area contributed by atoms with Crippen molar-refractivity contribution in [2.75, 3.05) is 0 Å². The molecule has 9 atom stereocenters. The molecule has 0 aromatic rings. The molecule has 32 heavy (non-hydrogen) atoms. The maximum Gasteiger partial charge on any atom is 0.302 e. The third kappa shape index (κ3) is 4.20. The van der Waals surface area contributed by atoms with Crippen molar-refractivity contribution >= 4 is 11.8 Å². The van der Waals surface area contributed by atoms with Gasteiger partial charge in [-0.15, -0.1) is 0 Å². The molecule has 0 aromatic carbocycles. The summed E-state index contributed by atoms with van der Waals surface area (Å²) >= 11 is 0. The lowest BCUT2D eigenvalue weighted by molar-refractivity contribution is -0.186. The van der Waals surface area contributed by atoms with E-state index in [0.29, 0.717) is 29.5 Å². The second-order valence-electron chi connectivity index (χ2n) is 13.1. The second-order valence-corrected chi connectivity index (χ2v) is 13.1. The highest BCUT2D eigenvalue weighted by atomic mass is 16.5. The van der Waals surface area contributed by atoms with Crippen LogP contribution in [-0.2, 0) is 14.3 Å². The fraction of sp³-hybridized carbons (Fsp3) is 0.931. The Hall–Kier alpha value is -0.860. The molecule has 0 N–H and O–H groups in total. The van der Waals surface area contributed by atoms with Crippen LogP contribution in [-0.4, -0.2) is 17.9 Å². The van der Waals surface area contributed by atoms with Crippen molar-refractivity contribution in [1.82, 2.24) is 0 Å². The zero-order chi connectivity index (χ0) is 23.3. The van der Waals surface area contributed by atoms with Crippen LogP contribution < -0.4 is 0 Å². The van der Waals surface area contributed by atoms with Gasteiger partial charge in [-0.3, -0.25) is 9.59 Å². The van der Waals surface area contributed by atoms with Crippen LogP contribution in [0.5, 0.6) is 0 Å². The molecule has 0 amide bonds. The quantitative estimate of drug-likeness (QED) is 0.406. The average Bonchev–Trinajstić information content (AvgIpc) is 3.06. The van der Waals surface area contributed by atoms with E-state index in [9.17, 15) is 9.59 Å². The topological polar surface area (TPSA) is 43.4 Å². The molecule has 0 aliphatic heterocycles. The number of esters is 1. The average molecular weight is 445 g/mol. The number of hydrogen-bond donors (Lipinski definition) is 0. The Morgan fingerprint density at radius 2 is 1.72 bits per heavy atom. The molecule has 182 valence electrons. The minimum atomic E-state index is -0.171. The van der Waals surface area contributed by atoms with E-state index in [0.717, 1.165) is 42.9 Å². The molecule has 0 aromatic heterocycles. The highest BCUT2D eigenvalue weighted by Crippen LogP contribution is 2.68. The van der Waals surface area contributed by atoms with Crippen molar-refractivity contribution in [1.29, 1.82) is 0 Å². The number of carbonyl (C=O) groups is 2. The highest BCUT2D eigenvalue weighted by molar-refractivity contribution is 5.80. The summed E-state index contributed by atoms with van der Waals surface area (Å²) in [5.74, 6) is 4.99. The summed E-state index contributed by atoms with van der Waals surface area (Å²) in [7, 11) is 0. The lowest BCUT2D eigenvalue weighted by Gasteiger charge is -2.62. The number of rotatable bonds is 6. The van der Waals surface area contributed by atoms with Gasteiger partial charge in [-0.25, -0.2) is 0 Å². The highest BCUT2D eigenvalue weighted by Gasteiger charge is 2.63. The van der Waals surface area contributed by atoms with Gasteiger partial charge in [-0.2, -0.15) is 0 Å². The summed E-state index contributed by atoms with van der Waals surface area (Å²) in [6.45, 7) is 13.8. The van der Waals surface area contributed by atoms with Gasteiger partial charge in [0.25, 0.3) is 0 Å². The second kappa shape index (κ2) is 9.06. The van der Waals surface area contributed by atoms with E-state index in [1.165, 1.54) is 44.9 Å². The lowest BCUT2D eigenvalue weighted by atomic mass is 9.44. The summed E-state index contributed by atoms with van der Waals surface area (Å²) in [5, 5.41) is 0. The zero-order valence-electron chi connectivity index (χ0n) is 21.6. The maximum atomic E-state index is 12.4. The number of hydrogen-bond acceptors (Lipinski definition) is 3. The predicted octanol–water partition coefficient (Wildman–Crippen LogP) is 7.22. The Balaban J connectivity index is 1.55. The third-order valence-electron chi connectivity index (χ3n) is 11.0. The Morgan fingerprint density at radius 1 is 1.00 bits per heavy atom. The van der Waals surface area contributed by atoms with Crippen LogP contribution in [0.2, 0.25) is 0 Å². The molecule has 4 rings (SSSR count). The van der Waals surface area contributed by atoms with E-state index in [1.54, 1.807) is 6.92 Å². The van der Waals surface area contributed by atoms with E-state index < -0.39 is 0 Å². The number of ether oxygens (including phenoxy) is 1.